The molecule has 1 aliphatic heterocycles. The summed E-state index contributed by atoms with van der Waals surface area (Å²) in [6, 6.07) is 2.73. The molecule has 1 aliphatic rings. The largest absolute Gasteiger partial charge is 0.357 e. The van der Waals surface area contributed by atoms with Gasteiger partial charge in [-0.15, -0.1) is 0 Å². The Bertz CT molecular complexity index is 436. The highest BCUT2D eigenvalue weighted by molar-refractivity contribution is 7.07. The van der Waals surface area contributed by atoms with Crippen molar-refractivity contribution in [2.75, 3.05) is 26.2 Å². The van der Waals surface area contributed by atoms with Crippen LogP contribution in [-0.4, -0.2) is 43.1 Å². The molecule has 1 saturated heterocycles. The van der Waals surface area contributed by atoms with Gasteiger partial charge in [0.15, 0.2) is 5.96 Å². The molecule has 0 amide bonds. The van der Waals surface area contributed by atoms with E-state index >= 15 is 0 Å². The van der Waals surface area contributed by atoms with E-state index in [0.717, 1.165) is 25.6 Å². The van der Waals surface area contributed by atoms with Gasteiger partial charge in [0, 0.05) is 19.1 Å². The van der Waals surface area contributed by atoms with Gasteiger partial charge in [-0.1, -0.05) is 13.8 Å². The summed E-state index contributed by atoms with van der Waals surface area (Å²) in [6.45, 7) is 11.8. The molecule has 1 aromatic rings. The van der Waals surface area contributed by atoms with Gasteiger partial charge >= 0.3 is 0 Å². The van der Waals surface area contributed by atoms with Crippen molar-refractivity contribution in [1.29, 1.82) is 0 Å². The minimum absolute atomic E-state index is 0.590. The smallest absolute Gasteiger partial charge is 0.191 e. The summed E-state index contributed by atoms with van der Waals surface area (Å²) in [5, 5.41) is 11.2. The Morgan fingerprint density at radius 2 is 2.09 bits per heavy atom. The van der Waals surface area contributed by atoms with Crippen molar-refractivity contribution in [2.24, 2.45) is 10.9 Å². The zero-order chi connectivity index (χ0) is 15.8. The third-order valence-electron chi connectivity index (χ3n) is 4.20. The Morgan fingerprint density at radius 3 is 2.68 bits per heavy atom. The highest BCUT2D eigenvalue weighted by Crippen LogP contribution is 2.17. The predicted octanol–water partition coefficient (Wildman–Crippen LogP) is 2.92. The standard InChI is InChI=1S/C17H30N4S/c1-4-18-17(19-11-15-7-10-22-13-15)20-12-16(14(2)3)21-8-5-6-9-21/h7,10,13-14,16H,4-6,8-9,11-12H2,1-3H3,(H2,18,19,20). The van der Waals surface area contributed by atoms with E-state index in [1.54, 1.807) is 11.3 Å². The van der Waals surface area contributed by atoms with Crippen molar-refractivity contribution >= 4 is 17.3 Å². The maximum absolute atomic E-state index is 4.70. The minimum Gasteiger partial charge on any atom is -0.357 e. The average Bonchev–Trinajstić information content (AvgIpc) is 3.18. The van der Waals surface area contributed by atoms with Gasteiger partial charge in [-0.25, -0.2) is 4.99 Å². The maximum Gasteiger partial charge on any atom is 0.191 e. The second kappa shape index (κ2) is 9.16. The van der Waals surface area contributed by atoms with E-state index in [9.17, 15) is 0 Å². The fraction of sp³-hybridized carbons (Fsp3) is 0.706. The number of guanidine groups is 1. The van der Waals surface area contributed by atoms with Gasteiger partial charge in [-0.2, -0.15) is 11.3 Å². The summed E-state index contributed by atoms with van der Waals surface area (Å²) in [7, 11) is 0. The van der Waals surface area contributed by atoms with Gasteiger partial charge in [0.05, 0.1) is 6.54 Å². The average molecular weight is 323 g/mol. The van der Waals surface area contributed by atoms with Crippen LogP contribution in [0.4, 0.5) is 0 Å². The molecule has 5 heteroatoms. The lowest BCUT2D eigenvalue weighted by atomic mass is 10.0. The number of nitrogens with one attached hydrogen (secondary N) is 2. The molecule has 1 unspecified atom stereocenters. The van der Waals surface area contributed by atoms with E-state index in [-0.39, 0.29) is 0 Å². The highest BCUT2D eigenvalue weighted by atomic mass is 32.1. The van der Waals surface area contributed by atoms with Gasteiger partial charge in [0.1, 0.15) is 0 Å². The van der Waals surface area contributed by atoms with Crippen molar-refractivity contribution < 1.29 is 0 Å². The highest BCUT2D eigenvalue weighted by Gasteiger charge is 2.24. The van der Waals surface area contributed by atoms with Crippen molar-refractivity contribution in [3.8, 4) is 0 Å². The summed E-state index contributed by atoms with van der Waals surface area (Å²) in [4.78, 5) is 7.32. The minimum atomic E-state index is 0.590. The van der Waals surface area contributed by atoms with E-state index in [0.29, 0.717) is 12.0 Å². The SMILES string of the molecule is CCNC(=NCc1ccsc1)NCC(C(C)C)N1CCCC1. The molecule has 1 aromatic heterocycles. The molecule has 2 heterocycles. The Kier molecular flexibility index (Phi) is 7.19. The molecule has 1 fully saturated rings. The quantitative estimate of drug-likeness (QED) is 0.599. The Hall–Kier alpha value is -1.07. The number of rotatable bonds is 7. The molecule has 22 heavy (non-hydrogen) atoms. The third-order valence-corrected chi connectivity index (χ3v) is 4.93. The lowest BCUT2D eigenvalue weighted by molar-refractivity contribution is 0.192. The van der Waals surface area contributed by atoms with Crippen LogP contribution in [0.25, 0.3) is 0 Å². The third kappa shape index (κ3) is 5.29. The van der Waals surface area contributed by atoms with E-state index in [1.165, 1.54) is 31.5 Å². The fourth-order valence-electron chi connectivity index (χ4n) is 2.96. The number of nitrogens with zero attached hydrogens (tertiary/aromatic N) is 2. The molecule has 0 bridgehead atoms. The van der Waals surface area contributed by atoms with Gasteiger partial charge < -0.3 is 10.6 Å². The van der Waals surface area contributed by atoms with Crippen LogP contribution in [0, 0.1) is 5.92 Å². The van der Waals surface area contributed by atoms with Gasteiger partial charge in [-0.05, 0) is 61.2 Å². The zero-order valence-electron chi connectivity index (χ0n) is 14.1. The zero-order valence-corrected chi connectivity index (χ0v) is 15.0. The summed E-state index contributed by atoms with van der Waals surface area (Å²) in [6.07, 6.45) is 2.69. The van der Waals surface area contributed by atoms with Crippen LogP contribution in [0.5, 0.6) is 0 Å². The van der Waals surface area contributed by atoms with E-state index in [2.05, 4.69) is 53.1 Å². The molecule has 2 N–H and O–H groups in total. The molecule has 0 aromatic carbocycles. The first-order valence-electron chi connectivity index (χ1n) is 8.48. The van der Waals surface area contributed by atoms with Crippen LogP contribution in [0.15, 0.2) is 21.8 Å². The fourth-order valence-corrected chi connectivity index (χ4v) is 3.62. The molecule has 0 spiro atoms. The van der Waals surface area contributed by atoms with Crippen molar-refractivity contribution in [2.45, 2.75) is 46.2 Å². The summed E-state index contributed by atoms with van der Waals surface area (Å²) in [5.41, 5.74) is 1.28. The number of hydrogen-bond donors (Lipinski definition) is 2. The Balaban J connectivity index is 1.89. The molecular formula is C17H30N4S. The Labute approximate surface area is 139 Å². The molecule has 124 valence electrons. The van der Waals surface area contributed by atoms with Crippen LogP contribution in [-0.2, 0) is 6.54 Å². The molecule has 4 nitrogen and oxygen atoms in total. The van der Waals surface area contributed by atoms with Crippen LogP contribution in [0.1, 0.15) is 39.2 Å². The van der Waals surface area contributed by atoms with Crippen LogP contribution in [0.2, 0.25) is 0 Å². The van der Waals surface area contributed by atoms with Gasteiger partial charge in [0.25, 0.3) is 0 Å². The van der Waals surface area contributed by atoms with Gasteiger partial charge in [0.2, 0.25) is 0 Å². The number of aliphatic imine (C=N–C) groups is 1. The molecule has 2 rings (SSSR count). The number of thiophene rings is 1. The van der Waals surface area contributed by atoms with Crippen LogP contribution in [0.3, 0.4) is 0 Å². The lowest BCUT2D eigenvalue weighted by Crippen LogP contribution is -2.48. The maximum atomic E-state index is 4.70. The second-order valence-corrected chi connectivity index (χ2v) is 7.04. The van der Waals surface area contributed by atoms with Crippen molar-refractivity contribution in [1.82, 2.24) is 15.5 Å². The number of likely N-dealkylation sites (tertiary alicyclic amines) is 1. The lowest BCUT2D eigenvalue weighted by Gasteiger charge is -2.31. The van der Waals surface area contributed by atoms with Crippen molar-refractivity contribution in [3.63, 3.8) is 0 Å². The molecule has 0 aliphatic carbocycles. The first-order chi connectivity index (χ1) is 10.7. The first kappa shape index (κ1) is 17.3. The molecule has 0 radical (unpaired) electrons. The molecule has 0 saturated carbocycles. The summed E-state index contributed by atoms with van der Waals surface area (Å²) < 4.78 is 0. The summed E-state index contributed by atoms with van der Waals surface area (Å²) >= 11 is 1.73. The number of hydrogen-bond acceptors (Lipinski definition) is 3. The molecular weight excluding hydrogens is 292 g/mol. The molecule has 1 atom stereocenters. The second-order valence-electron chi connectivity index (χ2n) is 6.26. The van der Waals surface area contributed by atoms with E-state index < -0.39 is 0 Å². The topological polar surface area (TPSA) is 39.7 Å². The summed E-state index contributed by atoms with van der Waals surface area (Å²) in [5.74, 6) is 1.59. The first-order valence-corrected chi connectivity index (χ1v) is 9.42. The van der Waals surface area contributed by atoms with Crippen molar-refractivity contribution in [3.05, 3.63) is 22.4 Å². The normalized spacial score (nSPS) is 17.9. The predicted molar refractivity (Wildman–Crippen MR) is 96.6 cm³/mol. The Morgan fingerprint density at radius 1 is 1.32 bits per heavy atom. The van der Waals surface area contributed by atoms with Crippen LogP contribution >= 0.6 is 11.3 Å². The van der Waals surface area contributed by atoms with E-state index in [4.69, 9.17) is 4.99 Å². The monoisotopic (exact) mass is 322 g/mol. The van der Waals surface area contributed by atoms with Crippen LogP contribution < -0.4 is 10.6 Å². The van der Waals surface area contributed by atoms with E-state index in [1.807, 2.05) is 0 Å². The van der Waals surface area contributed by atoms with Gasteiger partial charge in [-0.3, -0.25) is 4.90 Å².